The van der Waals surface area contributed by atoms with Crippen LogP contribution < -0.4 is 0 Å². The molecule has 0 aromatic carbocycles. The summed E-state index contributed by atoms with van der Waals surface area (Å²) in [5, 5.41) is 38.1. The second-order valence-electron chi connectivity index (χ2n) is 4.98. The number of aliphatic hydroxyl groups excluding tert-OH is 4. The molecule has 0 amide bonds. The minimum atomic E-state index is -1.33. The third-order valence-corrected chi connectivity index (χ3v) is 3.40. The fraction of sp³-hybridized carbons (Fsp3) is 1.00. The Morgan fingerprint density at radius 3 is 2.32 bits per heavy atom. The van der Waals surface area contributed by atoms with Gasteiger partial charge in [-0.3, -0.25) is 0 Å². The quantitative estimate of drug-likeness (QED) is 0.458. The summed E-state index contributed by atoms with van der Waals surface area (Å²) >= 11 is 0. The minimum Gasteiger partial charge on any atom is -0.394 e. The van der Waals surface area contributed by atoms with Gasteiger partial charge in [0.2, 0.25) is 0 Å². The Morgan fingerprint density at radius 2 is 1.68 bits per heavy atom. The topological polar surface area (TPSA) is 99.4 Å². The van der Waals surface area contributed by atoms with Crippen molar-refractivity contribution in [3.8, 4) is 0 Å². The van der Waals surface area contributed by atoms with Crippen LogP contribution in [0, 0.1) is 0 Å². The molecule has 0 unspecified atom stereocenters. The fourth-order valence-electron chi connectivity index (χ4n) is 2.18. The van der Waals surface area contributed by atoms with Crippen molar-refractivity contribution in [2.24, 2.45) is 0 Å². The molecule has 0 radical (unpaired) electrons. The highest BCUT2D eigenvalue weighted by molar-refractivity contribution is 4.89. The van der Waals surface area contributed by atoms with Crippen LogP contribution in [-0.2, 0) is 9.47 Å². The summed E-state index contributed by atoms with van der Waals surface area (Å²) < 4.78 is 10.4. The molecule has 5 atom stereocenters. The normalized spacial score (nSPS) is 35.5. The SMILES string of the molecule is CCCCCCCO[C@H]1[C@@H](O)[C@H](O)[C@@H](CO)O[C@@H]1O. The predicted octanol–water partition coefficient (Wildman–Crippen LogP) is -0.227. The summed E-state index contributed by atoms with van der Waals surface area (Å²) in [4.78, 5) is 0. The lowest BCUT2D eigenvalue weighted by molar-refractivity contribution is -0.296. The first-order chi connectivity index (χ1) is 9.11. The molecule has 1 aliphatic heterocycles. The number of ether oxygens (including phenoxy) is 2. The van der Waals surface area contributed by atoms with Crippen molar-refractivity contribution in [1.29, 1.82) is 0 Å². The molecular formula is C13H26O6. The molecule has 0 saturated carbocycles. The van der Waals surface area contributed by atoms with Crippen LogP contribution in [0.5, 0.6) is 0 Å². The predicted molar refractivity (Wildman–Crippen MR) is 68.5 cm³/mol. The molecular weight excluding hydrogens is 252 g/mol. The highest BCUT2D eigenvalue weighted by Crippen LogP contribution is 2.22. The molecule has 1 saturated heterocycles. The Hall–Kier alpha value is -0.240. The lowest BCUT2D eigenvalue weighted by Crippen LogP contribution is -2.59. The van der Waals surface area contributed by atoms with Crippen molar-refractivity contribution in [3.05, 3.63) is 0 Å². The summed E-state index contributed by atoms with van der Waals surface area (Å²) in [6.45, 7) is 2.09. The zero-order valence-electron chi connectivity index (χ0n) is 11.4. The average molecular weight is 278 g/mol. The maximum Gasteiger partial charge on any atom is 0.184 e. The van der Waals surface area contributed by atoms with E-state index in [-0.39, 0.29) is 0 Å². The average Bonchev–Trinajstić information content (AvgIpc) is 2.41. The Balaban J connectivity index is 2.28. The molecule has 114 valence electrons. The van der Waals surface area contributed by atoms with Crippen molar-refractivity contribution in [2.45, 2.75) is 69.7 Å². The maximum atomic E-state index is 9.82. The number of hydrogen-bond donors (Lipinski definition) is 4. The molecule has 0 spiro atoms. The second-order valence-corrected chi connectivity index (χ2v) is 4.98. The van der Waals surface area contributed by atoms with Gasteiger partial charge in [0.05, 0.1) is 6.61 Å². The van der Waals surface area contributed by atoms with Gasteiger partial charge in [-0.2, -0.15) is 0 Å². The molecule has 0 aliphatic carbocycles. The molecule has 6 heteroatoms. The van der Waals surface area contributed by atoms with E-state index in [2.05, 4.69) is 6.92 Å². The van der Waals surface area contributed by atoms with E-state index in [1.54, 1.807) is 0 Å². The zero-order chi connectivity index (χ0) is 14.3. The van der Waals surface area contributed by atoms with Crippen LogP contribution in [0.3, 0.4) is 0 Å². The molecule has 0 aromatic rings. The molecule has 0 aromatic heterocycles. The standard InChI is InChI=1S/C13H26O6/c1-2-3-4-5-6-7-18-12-11(16)10(15)9(8-14)19-13(12)17/h9-17H,2-8H2,1H3/t9-,10-,11+,12+,13+/m1/s1. The van der Waals surface area contributed by atoms with Crippen LogP contribution in [-0.4, -0.2) is 64.3 Å². The Labute approximate surface area is 114 Å². The number of aliphatic hydroxyl groups is 4. The lowest BCUT2D eigenvalue weighted by atomic mass is 9.99. The van der Waals surface area contributed by atoms with E-state index in [9.17, 15) is 15.3 Å². The fourth-order valence-corrected chi connectivity index (χ4v) is 2.18. The smallest absolute Gasteiger partial charge is 0.184 e. The van der Waals surface area contributed by atoms with Crippen LogP contribution in [0.15, 0.2) is 0 Å². The summed E-state index contributed by atoms with van der Waals surface area (Å²) in [7, 11) is 0. The van der Waals surface area contributed by atoms with E-state index >= 15 is 0 Å². The van der Waals surface area contributed by atoms with Gasteiger partial charge in [-0.15, -0.1) is 0 Å². The van der Waals surface area contributed by atoms with Gasteiger partial charge < -0.3 is 29.9 Å². The lowest BCUT2D eigenvalue weighted by Gasteiger charge is -2.39. The first kappa shape index (κ1) is 16.8. The van der Waals surface area contributed by atoms with Gasteiger partial charge in [-0.25, -0.2) is 0 Å². The highest BCUT2D eigenvalue weighted by Gasteiger charge is 2.44. The number of unbranched alkanes of at least 4 members (excludes halogenated alkanes) is 4. The number of rotatable bonds is 8. The van der Waals surface area contributed by atoms with Crippen LogP contribution in [0.1, 0.15) is 39.0 Å². The number of hydrogen-bond acceptors (Lipinski definition) is 6. The van der Waals surface area contributed by atoms with E-state index in [0.717, 1.165) is 19.3 Å². The van der Waals surface area contributed by atoms with Gasteiger partial charge in [-0.1, -0.05) is 32.6 Å². The Morgan fingerprint density at radius 1 is 1.00 bits per heavy atom. The van der Waals surface area contributed by atoms with Gasteiger partial charge in [0.15, 0.2) is 6.29 Å². The molecule has 1 rings (SSSR count). The van der Waals surface area contributed by atoms with Crippen LogP contribution >= 0.6 is 0 Å². The van der Waals surface area contributed by atoms with Gasteiger partial charge in [0.25, 0.3) is 0 Å². The molecule has 0 bridgehead atoms. The minimum absolute atomic E-state index is 0.405. The van der Waals surface area contributed by atoms with Crippen molar-refractivity contribution in [2.75, 3.05) is 13.2 Å². The third-order valence-electron chi connectivity index (χ3n) is 3.40. The largest absolute Gasteiger partial charge is 0.394 e. The molecule has 1 fully saturated rings. The third kappa shape index (κ3) is 4.98. The van der Waals surface area contributed by atoms with E-state index in [0.29, 0.717) is 6.61 Å². The van der Waals surface area contributed by atoms with Crippen LogP contribution in [0.2, 0.25) is 0 Å². The molecule has 1 heterocycles. The monoisotopic (exact) mass is 278 g/mol. The van der Waals surface area contributed by atoms with Crippen molar-refractivity contribution in [1.82, 2.24) is 0 Å². The van der Waals surface area contributed by atoms with Gasteiger partial charge >= 0.3 is 0 Å². The molecule has 6 nitrogen and oxygen atoms in total. The molecule has 1 aliphatic rings. The van der Waals surface area contributed by atoms with Crippen molar-refractivity contribution < 1.29 is 29.9 Å². The first-order valence-electron chi connectivity index (χ1n) is 7.04. The van der Waals surface area contributed by atoms with E-state index < -0.39 is 37.3 Å². The summed E-state index contributed by atoms with van der Waals surface area (Å²) in [5.74, 6) is 0. The van der Waals surface area contributed by atoms with Crippen molar-refractivity contribution in [3.63, 3.8) is 0 Å². The Kier molecular flexibility index (Phi) is 7.82. The summed E-state index contributed by atoms with van der Waals surface area (Å²) in [5.41, 5.74) is 0. The maximum absolute atomic E-state index is 9.82. The molecule has 19 heavy (non-hydrogen) atoms. The van der Waals surface area contributed by atoms with Crippen LogP contribution in [0.4, 0.5) is 0 Å². The summed E-state index contributed by atoms with van der Waals surface area (Å²) in [6.07, 6.45) is -0.399. The van der Waals surface area contributed by atoms with Gasteiger partial charge in [-0.05, 0) is 6.42 Å². The van der Waals surface area contributed by atoms with Gasteiger partial charge in [0.1, 0.15) is 24.4 Å². The van der Waals surface area contributed by atoms with Crippen molar-refractivity contribution >= 4 is 0 Å². The molecule has 4 N–H and O–H groups in total. The zero-order valence-corrected chi connectivity index (χ0v) is 11.4. The van der Waals surface area contributed by atoms with Gasteiger partial charge in [0, 0.05) is 6.61 Å². The Bertz CT molecular complexity index is 237. The van der Waals surface area contributed by atoms with E-state index in [1.807, 2.05) is 0 Å². The van der Waals surface area contributed by atoms with Crippen LogP contribution in [0.25, 0.3) is 0 Å². The first-order valence-corrected chi connectivity index (χ1v) is 7.04. The second kappa shape index (κ2) is 8.84. The highest BCUT2D eigenvalue weighted by atomic mass is 16.7. The summed E-state index contributed by atoms with van der Waals surface area (Å²) in [6, 6.07) is 0. The van der Waals surface area contributed by atoms with E-state index in [1.165, 1.54) is 12.8 Å². The van der Waals surface area contributed by atoms with E-state index in [4.69, 9.17) is 14.6 Å².